The molecule has 0 spiro atoms. The quantitative estimate of drug-likeness (QED) is 0.223. The third kappa shape index (κ3) is 943. The van der Waals surface area contributed by atoms with Crippen LogP contribution in [0.1, 0.15) is 23.4 Å². The molecule has 0 heterocycles. The second-order valence-corrected chi connectivity index (χ2v) is 2.97. The Balaban J connectivity index is -0.00000000498. The average Bonchev–Trinajstić information content (AvgIpc) is 1.45. The number of rotatable bonds is 0. The van der Waals surface area contributed by atoms with E-state index in [9.17, 15) is 0 Å². The zero-order chi connectivity index (χ0) is 12.6. The molecular formula is C3H20Ca3O11S2. The molecule has 0 fully saturated rings. The summed E-state index contributed by atoms with van der Waals surface area (Å²) in [6, 6.07) is 0. The number of carbonyl (C=O) groups is 1. The van der Waals surface area contributed by atoms with Crippen LogP contribution in [0.2, 0.25) is 0 Å². The number of hydrogen-bond donors (Lipinski definition) is 6. The van der Waals surface area contributed by atoms with Gasteiger partial charge in [-0.2, -0.15) is 16.8 Å². The van der Waals surface area contributed by atoms with Crippen LogP contribution in [-0.2, 0) is 20.8 Å². The Hall–Kier alpha value is 2.79. The minimum atomic E-state index is -4.67. The maximum atomic E-state index is 8.74. The minimum absolute atomic E-state index is 0. The van der Waals surface area contributed by atoms with Crippen LogP contribution < -0.4 is 0 Å². The Morgan fingerprint density at radius 1 is 0.684 bits per heavy atom. The Bertz CT molecular complexity index is 317. The molecule has 16 heteroatoms. The molecule has 0 aromatic rings. The molecule has 6 N–H and O–H groups in total. The first-order chi connectivity index (χ1) is 5.73. The first-order valence-electron chi connectivity index (χ1n) is 2.05. The van der Waals surface area contributed by atoms with Crippen LogP contribution in [0, 0.1) is 0 Å². The first-order valence-corrected chi connectivity index (χ1v) is 4.84. The van der Waals surface area contributed by atoms with Gasteiger partial charge in [-0.05, 0) is 0 Å². The van der Waals surface area contributed by atoms with E-state index in [-0.39, 0.29) is 137 Å². The van der Waals surface area contributed by atoms with Gasteiger partial charge in [0.15, 0.2) is 0 Å². The second kappa shape index (κ2) is 25.7. The van der Waals surface area contributed by atoms with Gasteiger partial charge in [-0.25, -0.2) is 4.79 Å². The number of hydrogen-bond acceptors (Lipinski definition) is 5. The molecule has 0 aliphatic rings. The van der Waals surface area contributed by atoms with E-state index in [4.69, 9.17) is 50.1 Å². The number of carboxylic acid groups (broad SMARTS) is 2. The van der Waals surface area contributed by atoms with Crippen LogP contribution in [0.5, 0.6) is 0 Å². The molecule has 0 amide bonds. The Labute approximate surface area is 210 Å². The average molecular weight is 417 g/mol. The van der Waals surface area contributed by atoms with Gasteiger partial charge in [-0.3, -0.25) is 18.2 Å². The van der Waals surface area contributed by atoms with Crippen molar-refractivity contribution in [2.45, 2.75) is 14.9 Å². The zero-order valence-corrected chi connectivity index (χ0v) is 16.4. The predicted molar refractivity (Wildman–Crippen MR) is 76.4 cm³/mol. The van der Waals surface area contributed by atoms with E-state index in [1.54, 1.807) is 0 Å². The molecule has 0 radical (unpaired) electrons. The van der Waals surface area contributed by atoms with E-state index in [2.05, 4.69) is 0 Å². The molecule has 11 nitrogen and oxygen atoms in total. The van der Waals surface area contributed by atoms with Crippen molar-refractivity contribution in [3.05, 3.63) is 0 Å². The third-order valence-corrected chi connectivity index (χ3v) is 0. The van der Waals surface area contributed by atoms with Gasteiger partial charge in [0.1, 0.15) is 0 Å². The molecule has 0 atom stereocenters. The van der Waals surface area contributed by atoms with Crippen molar-refractivity contribution in [3.8, 4) is 0 Å². The fourth-order valence-electron chi connectivity index (χ4n) is 0. The van der Waals surface area contributed by atoms with E-state index in [0.717, 1.165) is 0 Å². The van der Waals surface area contributed by atoms with Crippen LogP contribution in [0.3, 0.4) is 0 Å². The maximum Gasteiger partial charge on any atom is 2.00 e. The van der Waals surface area contributed by atoms with Crippen molar-refractivity contribution in [2.75, 3.05) is 0 Å². The fourth-order valence-corrected chi connectivity index (χ4v) is 0. The largest absolute Gasteiger partial charge is 2.00 e. The van der Waals surface area contributed by atoms with E-state index < -0.39 is 27.0 Å². The van der Waals surface area contributed by atoms with Crippen molar-refractivity contribution in [3.63, 3.8) is 0 Å². The van der Waals surface area contributed by atoms with Crippen LogP contribution in [0.15, 0.2) is 0 Å². The Kier molecular flexibility index (Phi) is 67.1. The molecular weight excluding hydrogens is 396 g/mol. The van der Waals surface area contributed by atoms with Crippen molar-refractivity contribution in [1.82, 2.24) is 0 Å². The summed E-state index contributed by atoms with van der Waals surface area (Å²) in [5.74, 6) is 0. The maximum absolute atomic E-state index is 8.74. The monoisotopic (exact) mass is 416 g/mol. The molecule has 0 aliphatic heterocycles. The molecule has 19 heavy (non-hydrogen) atoms. The molecule has 0 bridgehead atoms. The molecule has 0 unspecified atom stereocenters. The van der Waals surface area contributed by atoms with Gasteiger partial charge >= 0.3 is 140 Å². The summed E-state index contributed by atoms with van der Waals surface area (Å²) in [6.07, 6.45) is -1.83. The van der Waals surface area contributed by atoms with E-state index >= 15 is 0 Å². The topological polar surface area (TPSA) is 207 Å². The van der Waals surface area contributed by atoms with Gasteiger partial charge in [-0.1, -0.05) is 14.9 Å². The van der Waals surface area contributed by atoms with Crippen molar-refractivity contribution in [1.29, 1.82) is 0 Å². The predicted octanol–water partition coefficient (Wildman–Crippen LogP) is -0.278. The van der Waals surface area contributed by atoms with Crippen LogP contribution in [0.25, 0.3) is 0 Å². The van der Waals surface area contributed by atoms with Gasteiger partial charge < -0.3 is 18.8 Å². The third-order valence-electron chi connectivity index (χ3n) is 0. The summed E-state index contributed by atoms with van der Waals surface area (Å²) in [7, 11) is -9.33. The molecule has 0 aromatic heterocycles. The van der Waals surface area contributed by atoms with Crippen LogP contribution >= 0.6 is 0 Å². The molecule has 0 aromatic carbocycles. The summed E-state index contributed by atoms with van der Waals surface area (Å²) in [5.41, 5.74) is 0. The molecule has 0 rings (SSSR count). The first kappa shape index (κ1) is 49.5. The zero-order valence-electron chi connectivity index (χ0n) is 14.2. The fraction of sp³-hybridized carbons (Fsp3) is 0.667. The standard InChI is InChI=1S/CH2O3.2CH4.3Ca.2H2O4S.6H/c2-1(3)4;;;;;;2*1-5(2,3)4;;;;;;/h(H2,2,3,4);2*1H4;;;;2*(H2,1,2,3,4);;;;;;/q;;;3*+2;;;6*-1. The summed E-state index contributed by atoms with van der Waals surface area (Å²) >= 11 is 0. The van der Waals surface area contributed by atoms with Crippen molar-refractivity contribution >= 4 is 140 Å². The van der Waals surface area contributed by atoms with E-state index in [1.165, 1.54) is 0 Å². The molecule has 0 saturated heterocycles. The summed E-state index contributed by atoms with van der Waals surface area (Å²) in [5, 5.41) is 13.9. The van der Waals surface area contributed by atoms with E-state index in [1.807, 2.05) is 0 Å². The summed E-state index contributed by atoms with van der Waals surface area (Å²) < 4.78 is 63.2. The summed E-state index contributed by atoms with van der Waals surface area (Å²) in [6.45, 7) is 0. The normalized spacial score (nSPS) is 7.37. The van der Waals surface area contributed by atoms with Crippen LogP contribution in [-0.4, -0.2) is 165 Å². The smallest absolute Gasteiger partial charge is 1.00 e. The van der Waals surface area contributed by atoms with Crippen LogP contribution in [0.4, 0.5) is 4.79 Å². The SMILES string of the molecule is C.C.O=C(O)O.O=S(=O)(O)O.O=S(=O)(O)O.[Ca+2].[Ca+2].[Ca+2].[H-].[H-].[H-].[H-].[H-].[H-]. The Morgan fingerprint density at radius 3 is 0.684 bits per heavy atom. The molecule has 0 aliphatic carbocycles. The van der Waals surface area contributed by atoms with Crippen molar-refractivity contribution in [2.24, 2.45) is 0 Å². The van der Waals surface area contributed by atoms with Gasteiger partial charge in [0.05, 0.1) is 0 Å². The second-order valence-electron chi connectivity index (χ2n) is 1.18. The van der Waals surface area contributed by atoms with Gasteiger partial charge in [-0.15, -0.1) is 0 Å². The Morgan fingerprint density at radius 2 is 0.684 bits per heavy atom. The van der Waals surface area contributed by atoms with Crippen molar-refractivity contribution < 1.29 is 58.6 Å². The van der Waals surface area contributed by atoms with Gasteiger partial charge in [0.25, 0.3) is 0 Å². The van der Waals surface area contributed by atoms with Gasteiger partial charge in [0.2, 0.25) is 0 Å². The molecule has 0 saturated carbocycles. The molecule has 116 valence electrons. The van der Waals surface area contributed by atoms with E-state index in [0.29, 0.717) is 0 Å². The summed E-state index contributed by atoms with van der Waals surface area (Å²) in [4.78, 5) is 8.56. The minimum Gasteiger partial charge on any atom is -1.00 e. The van der Waals surface area contributed by atoms with Gasteiger partial charge in [0, 0.05) is 0 Å².